The normalized spacial score (nSPS) is 11.0. The van der Waals surface area contributed by atoms with Gasteiger partial charge in [0.25, 0.3) is 5.91 Å². The van der Waals surface area contributed by atoms with Crippen LogP contribution in [-0.4, -0.2) is 33.7 Å². The van der Waals surface area contributed by atoms with Gasteiger partial charge in [-0.3, -0.25) is 9.52 Å². The molecule has 0 aliphatic rings. The third-order valence-corrected chi connectivity index (χ3v) is 4.42. The molecule has 2 aromatic carbocycles. The molecule has 0 bridgehead atoms. The Hall–Kier alpha value is -2.25. The summed E-state index contributed by atoms with van der Waals surface area (Å²) >= 11 is 6.01. The second-order valence-corrected chi connectivity index (χ2v) is 7.83. The van der Waals surface area contributed by atoms with E-state index < -0.39 is 10.0 Å². The largest absolute Gasteiger partial charge is 0.492 e. The van der Waals surface area contributed by atoms with Crippen molar-refractivity contribution in [1.82, 2.24) is 5.32 Å². The number of amides is 1. The van der Waals surface area contributed by atoms with E-state index in [2.05, 4.69) is 17.0 Å². The van der Waals surface area contributed by atoms with Gasteiger partial charge < -0.3 is 10.1 Å². The number of anilines is 1. The van der Waals surface area contributed by atoms with Crippen molar-refractivity contribution >= 4 is 33.2 Å². The van der Waals surface area contributed by atoms with E-state index >= 15 is 0 Å². The van der Waals surface area contributed by atoms with Crippen molar-refractivity contribution in [2.45, 2.75) is 13.3 Å². The van der Waals surface area contributed by atoms with Gasteiger partial charge in [0.1, 0.15) is 12.4 Å². The Kier molecular flexibility index (Phi) is 6.88. The van der Waals surface area contributed by atoms with Gasteiger partial charge in [-0.1, -0.05) is 30.7 Å². The van der Waals surface area contributed by atoms with Crippen molar-refractivity contribution in [2.24, 2.45) is 0 Å². The van der Waals surface area contributed by atoms with Crippen molar-refractivity contribution in [3.8, 4) is 5.75 Å². The maximum Gasteiger partial charge on any atom is 0.251 e. The van der Waals surface area contributed by atoms with Gasteiger partial charge in [-0.15, -0.1) is 0 Å². The minimum absolute atomic E-state index is 0.148. The fourth-order valence-electron chi connectivity index (χ4n) is 2.20. The van der Waals surface area contributed by atoms with Crippen molar-refractivity contribution in [3.05, 3.63) is 58.6 Å². The Labute approximate surface area is 158 Å². The number of carbonyl (C=O) groups is 1. The van der Waals surface area contributed by atoms with Crippen LogP contribution in [0.3, 0.4) is 0 Å². The molecule has 0 aromatic heterocycles. The van der Waals surface area contributed by atoms with Crippen LogP contribution in [-0.2, 0) is 16.4 Å². The molecule has 26 heavy (non-hydrogen) atoms. The summed E-state index contributed by atoms with van der Waals surface area (Å²) in [4.78, 5) is 12.1. The molecule has 0 aliphatic heterocycles. The molecule has 6 nitrogen and oxygen atoms in total. The van der Waals surface area contributed by atoms with E-state index in [0.29, 0.717) is 18.7 Å². The van der Waals surface area contributed by atoms with E-state index in [4.69, 9.17) is 16.3 Å². The molecular formula is C18H21ClN2O4S. The van der Waals surface area contributed by atoms with Gasteiger partial charge in [0.15, 0.2) is 0 Å². The lowest BCUT2D eigenvalue weighted by molar-refractivity contribution is 0.0947. The van der Waals surface area contributed by atoms with Gasteiger partial charge in [0, 0.05) is 5.56 Å². The number of ether oxygens (including phenoxy) is 1. The van der Waals surface area contributed by atoms with Crippen LogP contribution in [0.4, 0.5) is 5.69 Å². The van der Waals surface area contributed by atoms with E-state index in [1.807, 2.05) is 24.3 Å². The van der Waals surface area contributed by atoms with Gasteiger partial charge in [-0.05, 0) is 42.3 Å². The standard InChI is InChI=1S/C18H21ClN2O4S/c1-3-13-4-7-15(8-5-13)25-11-10-20-18(22)14-6-9-17(16(19)12-14)21-26(2,23)24/h4-9,12,21H,3,10-11H2,1-2H3,(H,20,22). The Morgan fingerprint density at radius 3 is 2.42 bits per heavy atom. The predicted molar refractivity (Wildman–Crippen MR) is 104 cm³/mol. The zero-order valence-corrected chi connectivity index (χ0v) is 16.2. The first kappa shape index (κ1) is 20.1. The summed E-state index contributed by atoms with van der Waals surface area (Å²) in [5.74, 6) is 0.429. The van der Waals surface area contributed by atoms with Crippen LogP contribution in [0.15, 0.2) is 42.5 Å². The number of halogens is 1. The van der Waals surface area contributed by atoms with Crippen LogP contribution in [0.2, 0.25) is 5.02 Å². The molecule has 0 saturated heterocycles. The quantitative estimate of drug-likeness (QED) is 0.671. The van der Waals surface area contributed by atoms with E-state index in [0.717, 1.165) is 18.4 Å². The van der Waals surface area contributed by atoms with E-state index in [-0.39, 0.29) is 16.6 Å². The third kappa shape index (κ3) is 6.24. The molecule has 0 fully saturated rings. The van der Waals surface area contributed by atoms with Crippen LogP contribution in [0, 0.1) is 0 Å². The number of carbonyl (C=O) groups excluding carboxylic acids is 1. The minimum Gasteiger partial charge on any atom is -0.492 e. The number of hydrogen-bond donors (Lipinski definition) is 2. The van der Waals surface area contributed by atoms with Crippen LogP contribution in [0.1, 0.15) is 22.8 Å². The summed E-state index contributed by atoms with van der Waals surface area (Å²) < 4.78 is 30.3. The molecule has 0 aliphatic carbocycles. The summed E-state index contributed by atoms with van der Waals surface area (Å²) in [6.07, 6.45) is 2.00. The highest BCUT2D eigenvalue weighted by Gasteiger charge is 2.11. The average molecular weight is 397 g/mol. The summed E-state index contributed by atoms with van der Waals surface area (Å²) in [6, 6.07) is 12.2. The van der Waals surface area contributed by atoms with Crippen LogP contribution >= 0.6 is 11.6 Å². The molecule has 8 heteroatoms. The number of sulfonamides is 1. The van der Waals surface area contributed by atoms with Crippen molar-refractivity contribution in [2.75, 3.05) is 24.1 Å². The Morgan fingerprint density at radius 1 is 1.15 bits per heavy atom. The number of aryl methyl sites for hydroxylation is 1. The molecule has 0 spiro atoms. The summed E-state index contributed by atoms with van der Waals surface area (Å²) in [5.41, 5.74) is 1.79. The Bertz CT molecular complexity index is 867. The van der Waals surface area contributed by atoms with Gasteiger partial charge in [-0.2, -0.15) is 0 Å². The topological polar surface area (TPSA) is 84.5 Å². The summed E-state index contributed by atoms with van der Waals surface area (Å²) in [6.45, 7) is 2.75. The fraction of sp³-hybridized carbons (Fsp3) is 0.278. The number of nitrogens with one attached hydrogen (secondary N) is 2. The lowest BCUT2D eigenvalue weighted by Gasteiger charge is -2.10. The van der Waals surface area contributed by atoms with Gasteiger partial charge in [0.2, 0.25) is 10.0 Å². The highest BCUT2D eigenvalue weighted by molar-refractivity contribution is 7.92. The predicted octanol–water partition coefficient (Wildman–Crippen LogP) is 3.08. The molecule has 0 atom stereocenters. The van der Waals surface area contributed by atoms with Gasteiger partial charge in [-0.25, -0.2) is 8.42 Å². The van der Waals surface area contributed by atoms with Gasteiger partial charge in [0.05, 0.1) is 23.5 Å². The van der Waals surface area contributed by atoms with Crippen molar-refractivity contribution in [3.63, 3.8) is 0 Å². The average Bonchev–Trinajstić information content (AvgIpc) is 2.59. The molecule has 0 saturated carbocycles. The minimum atomic E-state index is -3.43. The monoisotopic (exact) mass is 396 g/mol. The molecule has 2 rings (SSSR count). The van der Waals surface area contributed by atoms with Crippen LogP contribution in [0.5, 0.6) is 5.75 Å². The zero-order chi connectivity index (χ0) is 19.2. The van der Waals surface area contributed by atoms with E-state index in [9.17, 15) is 13.2 Å². The number of hydrogen-bond acceptors (Lipinski definition) is 4. The number of rotatable bonds is 8. The van der Waals surface area contributed by atoms with Crippen molar-refractivity contribution in [1.29, 1.82) is 0 Å². The zero-order valence-electron chi connectivity index (χ0n) is 14.6. The van der Waals surface area contributed by atoms with E-state index in [1.165, 1.54) is 23.8 Å². The molecule has 0 radical (unpaired) electrons. The molecule has 1 amide bonds. The first-order chi connectivity index (χ1) is 12.3. The highest BCUT2D eigenvalue weighted by atomic mass is 35.5. The summed E-state index contributed by atoms with van der Waals surface area (Å²) in [7, 11) is -3.43. The second kappa shape index (κ2) is 8.91. The highest BCUT2D eigenvalue weighted by Crippen LogP contribution is 2.23. The Balaban J connectivity index is 1.84. The fourth-order valence-corrected chi connectivity index (χ4v) is 3.06. The number of benzene rings is 2. The SMILES string of the molecule is CCc1ccc(OCCNC(=O)c2ccc(NS(C)(=O)=O)c(Cl)c2)cc1. The Morgan fingerprint density at radius 2 is 1.85 bits per heavy atom. The lowest BCUT2D eigenvalue weighted by atomic mass is 10.2. The maximum atomic E-state index is 12.1. The van der Waals surface area contributed by atoms with Crippen molar-refractivity contribution < 1.29 is 17.9 Å². The summed E-state index contributed by atoms with van der Waals surface area (Å²) in [5, 5.41) is 2.87. The van der Waals surface area contributed by atoms with Crippen LogP contribution < -0.4 is 14.8 Å². The molecule has 2 aromatic rings. The molecule has 140 valence electrons. The smallest absolute Gasteiger partial charge is 0.251 e. The maximum absolute atomic E-state index is 12.1. The van der Waals surface area contributed by atoms with Gasteiger partial charge >= 0.3 is 0 Å². The molecule has 0 heterocycles. The molecular weight excluding hydrogens is 376 g/mol. The van der Waals surface area contributed by atoms with E-state index in [1.54, 1.807) is 0 Å². The second-order valence-electron chi connectivity index (χ2n) is 5.67. The molecule has 2 N–H and O–H groups in total. The first-order valence-electron chi connectivity index (χ1n) is 8.06. The lowest BCUT2D eigenvalue weighted by Crippen LogP contribution is -2.28. The molecule has 0 unspecified atom stereocenters. The third-order valence-electron chi connectivity index (χ3n) is 3.51. The first-order valence-corrected chi connectivity index (χ1v) is 10.3. The van der Waals surface area contributed by atoms with Crippen LogP contribution in [0.25, 0.3) is 0 Å².